The molecular weight excluding hydrogens is 617 g/mol. The first-order valence-electron chi connectivity index (χ1n) is 17.7. The number of ketones is 1. The van der Waals surface area contributed by atoms with E-state index in [2.05, 4.69) is 94.9 Å². The summed E-state index contributed by atoms with van der Waals surface area (Å²) in [7, 11) is 0. The molecule has 2 aromatic heterocycles. The summed E-state index contributed by atoms with van der Waals surface area (Å²) in [5.74, 6) is 1.54. The number of carbonyl (C=O) groups is 1. The van der Waals surface area contributed by atoms with Gasteiger partial charge in [0.2, 0.25) is 0 Å². The third kappa shape index (κ3) is 6.59. The minimum atomic E-state index is -0.0135. The van der Waals surface area contributed by atoms with E-state index < -0.39 is 0 Å². The lowest BCUT2D eigenvalue weighted by molar-refractivity contribution is 0.103. The molecule has 50 heavy (non-hydrogen) atoms. The Hall–Kier alpha value is -5.81. The lowest BCUT2D eigenvalue weighted by Gasteiger charge is -2.09. The Morgan fingerprint density at radius 1 is 0.440 bits per heavy atom. The lowest BCUT2D eigenvalue weighted by Crippen LogP contribution is -2.03. The first kappa shape index (κ1) is 31.5. The number of aromatic amines is 2. The van der Waals surface area contributed by atoms with Crippen molar-refractivity contribution >= 4 is 49.4 Å². The van der Waals surface area contributed by atoms with Crippen LogP contribution in [0.4, 0.5) is 0 Å². The van der Waals surface area contributed by atoms with Crippen molar-refractivity contribution in [3.63, 3.8) is 0 Å². The summed E-state index contributed by atoms with van der Waals surface area (Å²) >= 11 is 0. The van der Waals surface area contributed by atoms with Crippen molar-refractivity contribution in [3.05, 3.63) is 156 Å². The molecule has 2 N–H and O–H groups in total. The molecule has 0 aliphatic rings. The van der Waals surface area contributed by atoms with Crippen LogP contribution in [0.5, 0.6) is 11.5 Å². The standard InChI is InChI=1S/C45H40N2O3/c48-45(33-21-25-35(26-22-33)49-29-7-5-11-31-13-9-17-39-37-15-1-3-19-41(37)46-43(31)39)34-23-27-36(28-24-34)50-30-8-6-12-32-14-10-18-40-38-16-2-4-20-42(38)47-44(32)40/h1-4,9-10,13-28,46-47H,5-8,11-12,29-30H2. The van der Waals surface area contributed by atoms with E-state index in [4.69, 9.17) is 9.47 Å². The van der Waals surface area contributed by atoms with Gasteiger partial charge in [0.25, 0.3) is 0 Å². The normalized spacial score (nSPS) is 11.5. The highest BCUT2D eigenvalue weighted by Crippen LogP contribution is 2.30. The Labute approximate surface area is 291 Å². The van der Waals surface area contributed by atoms with E-state index in [1.54, 1.807) is 0 Å². The molecule has 8 aromatic rings. The SMILES string of the molecule is O=C(c1ccc(OCCCCc2cccc3c2[nH]c2ccccc23)cc1)c1ccc(OCCCCc2cccc3c2[nH]c2ccccc23)cc1. The molecule has 0 unspecified atom stereocenters. The summed E-state index contributed by atoms with van der Waals surface area (Å²) in [5.41, 5.74) is 8.79. The number of unbranched alkanes of at least 4 members (excludes halogenated alkanes) is 2. The van der Waals surface area contributed by atoms with Crippen molar-refractivity contribution in [2.75, 3.05) is 13.2 Å². The molecule has 248 valence electrons. The van der Waals surface area contributed by atoms with Gasteiger partial charge in [0, 0.05) is 54.7 Å². The summed E-state index contributed by atoms with van der Waals surface area (Å²) in [6.07, 6.45) is 5.96. The number of H-pyrrole nitrogens is 2. The molecule has 0 fully saturated rings. The van der Waals surface area contributed by atoms with Gasteiger partial charge in [-0.05, 0) is 110 Å². The number of carbonyl (C=O) groups excluding carboxylic acids is 1. The maximum Gasteiger partial charge on any atom is 0.193 e. The molecule has 2 heterocycles. The fourth-order valence-electron chi connectivity index (χ4n) is 7.07. The number of aryl methyl sites for hydroxylation is 2. The van der Waals surface area contributed by atoms with E-state index in [1.807, 2.05) is 48.5 Å². The molecule has 0 aliphatic heterocycles. The second-order valence-electron chi connectivity index (χ2n) is 13.0. The Balaban J connectivity index is 0.770. The lowest BCUT2D eigenvalue weighted by atomic mass is 10.0. The number of rotatable bonds is 14. The number of benzene rings is 6. The summed E-state index contributed by atoms with van der Waals surface area (Å²) < 4.78 is 12.0. The largest absolute Gasteiger partial charge is 0.494 e. The molecule has 0 saturated carbocycles. The van der Waals surface area contributed by atoms with Gasteiger partial charge in [-0.15, -0.1) is 0 Å². The second kappa shape index (κ2) is 14.4. The summed E-state index contributed by atoms with van der Waals surface area (Å²) in [6, 6.07) is 44.9. The van der Waals surface area contributed by atoms with Crippen molar-refractivity contribution in [1.29, 1.82) is 0 Å². The molecule has 8 rings (SSSR count). The first-order chi connectivity index (χ1) is 24.7. The van der Waals surface area contributed by atoms with Gasteiger partial charge in [0.1, 0.15) is 11.5 Å². The van der Waals surface area contributed by atoms with E-state index >= 15 is 0 Å². The van der Waals surface area contributed by atoms with Crippen molar-refractivity contribution in [3.8, 4) is 11.5 Å². The quantitative estimate of drug-likeness (QED) is 0.0904. The highest BCUT2D eigenvalue weighted by atomic mass is 16.5. The van der Waals surface area contributed by atoms with E-state index in [0.29, 0.717) is 24.3 Å². The van der Waals surface area contributed by atoms with Crippen LogP contribution < -0.4 is 9.47 Å². The molecule has 0 bridgehead atoms. The van der Waals surface area contributed by atoms with Crippen LogP contribution in [-0.2, 0) is 12.8 Å². The predicted molar refractivity (Wildman–Crippen MR) is 205 cm³/mol. The van der Waals surface area contributed by atoms with Gasteiger partial charge in [-0.2, -0.15) is 0 Å². The maximum atomic E-state index is 13.2. The van der Waals surface area contributed by atoms with Gasteiger partial charge in [0.15, 0.2) is 5.78 Å². The van der Waals surface area contributed by atoms with E-state index in [-0.39, 0.29) is 5.78 Å². The zero-order chi connectivity index (χ0) is 33.7. The molecule has 5 heteroatoms. The summed E-state index contributed by atoms with van der Waals surface area (Å²) in [6.45, 7) is 1.27. The van der Waals surface area contributed by atoms with Crippen LogP contribution >= 0.6 is 0 Å². The Bertz CT molecular complexity index is 2230. The highest BCUT2D eigenvalue weighted by molar-refractivity contribution is 6.10. The minimum absolute atomic E-state index is 0.0135. The van der Waals surface area contributed by atoms with Gasteiger partial charge in [-0.1, -0.05) is 72.8 Å². The monoisotopic (exact) mass is 656 g/mol. The molecule has 0 spiro atoms. The number of hydrogen-bond acceptors (Lipinski definition) is 3. The number of ether oxygens (including phenoxy) is 2. The van der Waals surface area contributed by atoms with Crippen molar-refractivity contribution in [2.24, 2.45) is 0 Å². The van der Waals surface area contributed by atoms with Crippen molar-refractivity contribution in [1.82, 2.24) is 9.97 Å². The van der Waals surface area contributed by atoms with E-state index in [0.717, 1.165) is 50.0 Å². The predicted octanol–water partition coefficient (Wildman–Crippen LogP) is 11.0. The number of hydrogen-bond donors (Lipinski definition) is 2. The molecule has 6 aromatic carbocycles. The smallest absolute Gasteiger partial charge is 0.193 e. The molecule has 0 atom stereocenters. The number of para-hydroxylation sites is 4. The van der Waals surface area contributed by atoms with Gasteiger partial charge in [0.05, 0.1) is 13.2 Å². The van der Waals surface area contributed by atoms with E-state index in [1.165, 1.54) is 54.7 Å². The molecule has 0 radical (unpaired) electrons. The van der Waals surface area contributed by atoms with Crippen LogP contribution in [-0.4, -0.2) is 29.0 Å². The minimum Gasteiger partial charge on any atom is -0.494 e. The van der Waals surface area contributed by atoms with Crippen molar-refractivity contribution in [2.45, 2.75) is 38.5 Å². The molecule has 0 saturated heterocycles. The average Bonchev–Trinajstić information content (AvgIpc) is 3.74. The Morgan fingerprint density at radius 2 is 0.860 bits per heavy atom. The Morgan fingerprint density at radius 3 is 1.32 bits per heavy atom. The second-order valence-corrected chi connectivity index (χ2v) is 13.0. The zero-order valence-electron chi connectivity index (χ0n) is 28.1. The van der Waals surface area contributed by atoms with Gasteiger partial charge < -0.3 is 19.4 Å². The van der Waals surface area contributed by atoms with Crippen LogP contribution in [0.15, 0.2) is 133 Å². The summed E-state index contributed by atoms with van der Waals surface area (Å²) in [4.78, 5) is 20.4. The maximum absolute atomic E-state index is 13.2. The topological polar surface area (TPSA) is 67.1 Å². The van der Waals surface area contributed by atoms with Gasteiger partial charge in [-0.25, -0.2) is 0 Å². The fraction of sp³-hybridized carbons (Fsp3) is 0.178. The van der Waals surface area contributed by atoms with Gasteiger partial charge >= 0.3 is 0 Å². The average molecular weight is 657 g/mol. The van der Waals surface area contributed by atoms with Crippen molar-refractivity contribution < 1.29 is 14.3 Å². The molecule has 0 amide bonds. The van der Waals surface area contributed by atoms with Crippen LogP contribution in [0, 0.1) is 0 Å². The third-order valence-electron chi connectivity index (χ3n) is 9.71. The zero-order valence-corrected chi connectivity index (χ0v) is 28.1. The van der Waals surface area contributed by atoms with E-state index in [9.17, 15) is 4.79 Å². The molecule has 5 nitrogen and oxygen atoms in total. The fourth-order valence-corrected chi connectivity index (χ4v) is 7.07. The number of fused-ring (bicyclic) bond motifs is 6. The van der Waals surface area contributed by atoms with Crippen LogP contribution in [0.25, 0.3) is 43.6 Å². The van der Waals surface area contributed by atoms with Crippen LogP contribution in [0.1, 0.15) is 52.7 Å². The molecular formula is C45H40N2O3. The third-order valence-corrected chi connectivity index (χ3v) is 9.71. The summed E-state index contributed by atoms with van der Waals surface area (Å²) in [5, 5.41) is 5.11. The number of nitrogens with one attached hydrogen (secondary N) is 2. The van der Waals surface area contributed by atoms with Gasteiger partial charge in [-0.3, -0.25) is 4.79 Å². The van der Waals surface area contributed by atoms with Crippen LogP contribution in [0.2, 0.25) is 0 Å². The number of aromatic nitrogens is 2. The highest BCUT2D eigenvalue weighted by Gasteiger charge is 2.11. The molecule has 0 aliphatic carbocycles. The Kier molecular flexibility index (Phi) is 9.03. The first-order valence-corrected chi connectivity index (χ1v) is 17.7. The van der Waals surface area contributed by atoms with Crippen LogP contribution in [0.3, 0.4) is 0 Å².